The second kappa shape index (κ2) is 7.59. The summed E-state index contributed by atoms with van der Waals surface area (Å²) in [7, 11) is 0. The first-order valence-corrected chi connectivity index (χ1v) is 6.91. The molecule has 0 aliphatic rings. The van der Waals surface area contributed by atoms with E-state index in [1.165, 1.54) is 12.1 Å². The Morgan fingerprint density at radius 3 is 2.82 bits per heavy atom. The third kappa shape index (κ3) is 4.87. The summed E-state index contributed by atoms with van der Waals surface area (Å²) in [6, 6.07) is 9.57. The molecule has 0 saturated heterocycles. The molecule has 0 radical (unpaired) electrons. The Bertz CT molecular complexity index is 599. The molecular formula is C16H17F2NO3. The average Bonchev–Trinajstić information content (AvgIpc) is 2.98. The van der Waals surface area contributed by atoms with Crippen molar-refractivity contribution < 1.29 is 22.7 Å². The highest BCUT2D eigenvalue weighted by atomic mass is 19.3. The van der Waals surface area contributed by atoms with Crippen LogP contribution in [-0.2, 0) is 11.2 Å². The van der Waals surface area contributed by atoms with Crippen molar-refractivity contribution in [3.8, 4) is 5.75 Å². The van der Waals surface area contributed by atoms with Crippen LogP contribution in [0.4, 0.5) is 8.78 Å². The zero-order valence-electron chi connectivity index (χ0n) is 12.1. The van der Waals surface area contributed by atoms with Crippen molar-refractivity contribution in [1.29, 1.82) is 0 Å². The first kappa shape index (κ1) is 16.0. The standard InChI is InChI=1S/C16H17F2NO3/c1-11(12-4-2-5-14(10-12)22-16(17)18)19-15(20)8-7-13-6-3-9-21-13/h2-6,9-11,16H,7-8H2,1H3,(H,19,20)/t11-/m1/s1. The quantitative estimate of drug-likeness (QED) is 0.848. The summed E-state index contributed by atoms with van der Waals surface area (Å²) in [6.07, 6.45) is 2.37. The number of ether oxygens (including phenoxy) is 1. The highest BCUT2D eigenvalue weighted by Crippen LogP contribution is 2.20. The Hall–Kier alpha value is -2.37. The van der Waals surface area contributed by atoms with Gasteiger partial charge in [0, 0.05) is 12.8 Å². The third-order valence-corrected chi connectivity index (χ3v) is 3.14. The molecule has 0 spiro atoms. The molecule has 6 heteroatoms. The molecule has 2 rings (SSSR count). The zero-order valence-corrected chi connectivity index (χ0v) is 12.1. The van der Waals surface area contributed by atoms with E-state index in [0.717, 1.165) is 5.76 Å². The van der Waals surface area contributed by atoms with E-state index in [0.29, 0.717) is 18.4 Å². The summed E-state index contributed by atoms with van der Waals surface area (Å²) in [6.45, 7) is -1.08. The Kier molecular flexibility index (Phi) is 5.52. The molecule has 2 aromatic rings. The van der Waals surface area contributed by atoms with E-state index in [1.54, 1.807) is 31.4 Å². The summed E-state index contributed by atoms with van der Waals surface area (Å²) in [4.78, 5) is 11.9. The van der Waals surface area contributed by atoms with Gasteiger partial charge in [-0.1, -0.05) is 12.1 Å². The van der Waals surface area contributed by atoms with Crippen molar-refractivity contribution in [2.24, 2.45) is 0 Å². The maximum Gasteiger partial charge on any atom is 0.387 e. The second-order valence-corrected chi connectivity index (χ2v) is 4.82. The van der Waals surface area contributed by atoms with Crippen molar-refractivity contribution in [3.05, 3.63) is 54.0 Å². The molecule has 1 heterocycles. The number of hydrogen-bond donors (Lipinski definition) is 1. The summed E-state index contributed by atoms with van der Waals surface area (Å²) < 4.78 is 33.9. The molecule has 0 bridgehead atoms. The summed E-state index contributed by atoms with van der Waals surface area (Å²) in [5, 5.41) is 2.82. The van der Waals surface area contributed by atoms with Crippen LogP contribution in [0.1, 0.15) is 30.7 Å². The predicted molar refractivity (Wildman–Crippen MR) is 76.7 cm³/mol. The fourth-order valence-corrected chi connectivity index (χ4v) is 2.05. The molecule has 0 aliphatic heterocycles. The molecule has 1 atom stereocenters. The number of rotatable bonds is 7. The largest absolute Gasteiger partial charge is 0.469 e. The van der Waals surface area contributed by atoms with E-state index in [9.17, 15) is 13.6 Å². The number of furan rings is 1. The van der Waals surface area contributed by atoms with E-state index in [2.05, 4.69) is 10.1 Å². The lowest BCUT2D eigenvalue weighted by molar-refractivity contribution is -0.121. The number of amides is 1. The minimum Gasteiger partial charge on any atom is -0.469 e. The van der Waals surface area contributed by atoms with Gasteiger partial charge in [-0.05, 0) is 36.8 Å². The van der Waals surface area contributed by atoms with Gasteiger partial charge in [-0.25, -0.2) is 0 Å². The van der Waals surface area contributed by atoms with Gasteiger partial charge in [0.05, 0.1) is 12.3 Å². The number of carbonyl (C=O) groups excluding carboxylic acids is 1. The Morgan fingerprint density at radius 1 is 1.32 bits per heavy atom. The van der Waals surface area contributed by atoms with Crippen LogP contribution in [-0.4, -0.2) is 12.5 Å². The Labute approximate surface area is 127 Å². The molecule has 0 aliphatic carbocycles. The van der Waals surface area contributed by atoms with Crippen LogP contribution in [0.3, 0.4) is 0 Å². The fraction of sp³-hybridized carbons (Fsp3) is 0.312. The normalized spacial score (nSPS) is 12.2. The molecule has 1 N–H and O–H groups in total. The van der Waals surface area contributed by atoms with Gasteiger partial charge in [0.15, 0.2) is 0 Å². The van der Waals surface area contributed by atoms with Crippen LogP contribution < -0.4 is 10.1 Å². The summed E-state index contributed by atoms with van der Waals surface area (Å²) >= 11 is 0. The van der Waals surface area contributed by atoms with E-state index in [4.69, 9.17) is 4.42 Å². The average molecular weight is 309 g/mol. The van der Waals surface area contributed by atoms with Gasteiger partial charge in [-0.3, -0.25) is 4.79 Å². The molecule has 1 aromatic carbocycles. The van der Waals surface area contributed by atoms with E-state index < -0.39 is 6.61 Å². The first-order valence-electron chi connectivity index (χ1n) is 6.91. The maximum atomic E-state index is 12.2. The minimum atomic E-state index is -2.87. The van der Waals surface area contributed by atoms with Crippen molar-refractivity contribution >= 4 is 5.91 Å². The highest BCUT2D eigenvalue weighted by Gasteiger charge is 2.12. The maximum absolute atomic E-state index is 12.2. The predicted octanol–water partition coefficient (Wildman–Crippen LogP) is 3.69. The number of hydrogen-bond acceptors (Lipinski definition) is 3. The number of benzene rings is 1. The molecule has 22 heavy (non-hydrogen) atoms. The molecule has 0 saturated carbocycles. The lowest BCUT2D eigenvalue weighted by atomic mass is 10.1. The van der Waals surface area contributed by atoms with Crippen molar-refractivity contribution in [1.82, 2.24) is 5.32 Å². The Morgan fingerprint density at radius 2 is 2.14 bits per heavy atom. The van der Waals surface area contributed by atoms with Gasteiger partial charge >= 0.3 is 6.61 Å². The monoisotopic (exact) mass is 309 g/mol. The molecule has 1 aromatic heterocycles. The highest BCUT2D eigenvalue weighted by molar-refractivity contribution is 5.76. The Balaban J connectivity index is 1.88. The number of carbonyl (C=O) groups is 1. The summed E-state index contributed by atoms with van der Waals surface area (Å²) in [5.74, 6) is 0.684. The molecule has 0 unspecified atom stereocenters. The lowest BCUT2D eigenvalue weighted by Gasteiger charge is -2.15. The molecular weight excluding hydrogens is 292 g/mol. The van der Waals surface area contributed by atoms with Gasteiger partial charge in [0.2, 0.25) is 5.91 Å². The minimum absolute atomic E-state index is 0.0733. The fourth-order valence-electron chi connectivity index (χ4n) is 2.05. The van der Waals surface area contributed by atoms with Crippen LogP contribution in [0.2, 0.25) is 0 Å². The van der Waals surface area contributed by atoms with Gasteiger partial charge in [-0.2, -0.15) is 8.78 Å². The van der Waals surface area contributed by atoms with Crippen molar-refractivity contribution in [2.45, 2.75) is 32.4 Å². The van der Waals surface area contributed by atoms with Crippen LogP contribution in [0.5, 0.6) is 5.75 Å². The lowest BCUT2D eigenvalue weighted by Crippen LogP contribution is -2.26. The van der Waals surface area contributed by atoms with Crippen LogP contribution in [0.15, 0.2) is 47.1 Å². The number of aryl methyl sites for hydroxylation is 1. The van der Waals surface area contributed by atoms with Gasteiger partial charge in [0.1, 0.15) is 11.5 Å². The molecule has 4 nitrogen and oxygen atoms in total. The van der Waals surface area contributed by atoms with Crippen LogP contribution in [0, 0.1) is 0 Å². The SMILES string of the molecule is C[C@@H](NC(=O)CCc1ccco1)c1cccc(OC(F)F)c1. The van der Waals surface area contributed by atoms with Gasteiger partial charge < -0.3 is 14.5 Å². The van der Waals surface area contributed by atoms with Crippen molar-refractivity contribution in [3.63, 3.8) is 0 Å². The third-order valence-electron chi connectivity index (χ3n) is 3.14. The topological polar surface area (TPSA) is 51.5 Å². The second-order valence-electron chi connectivity index (χ2n) is 4.82. The van der Waals surface area contributed by atoms with E-state index >= 15 is 0 Å². The zero-order chi connectivity index (χ0) is 15.9. The number of nitrogens with one attached hydrogen (secondary N) is 1. The number of halogens is 2. The van der Waals surface area contributed by atoms with Crippen LogP contribution >= 0.6 is 0 Å². The smallest absolute Gasteiger partial charge is 0.387 e. The van der Waals surface area contributed by atoms with Crippen molar-refractivity contribution in [2.75, 3.05) is 0 Å². The molecule has 118 valence electrons. The first-order chi connectivity index (χ1) is 10.5. The molecule has 0 fully saturated rings. The summed E-state index contributed by atoms with van der Waals surface area (Å²) in [5.41, 5.74) is 0.699. The van der Waals surface area contributed by atoms with E-state index in [-0.39, 0.29) is 17.7 Å². The van der Waals surface area contributed by atoms with Gasteiger partial charge in [0.25, 0.3) is 0 Å². The molecule has 1 amide bonds. The van der Waals surface area contributed by atoms with Crippen LogP contribution in [0.25, 0.3) is 0 Å². The van der Waals surface area contributed by atoms with Gasteiger partial charge in [-0.15, -0.1) is 0 Å². The number of alkyl halides is 2. The van der Waals surface area contributed by atoms with E-state index in [1.807, 2.05) is 6.07 Å².